The summed E-state index contributed by atoms with van der Waals surface area (Å²) in [5, 5.41) is 4.22. The predicted octanol–water partition coefficient (Wildman–Crippen LogP) is 5.12. The van der Waals surface area contributed by atoms with Crippen LogP contribution in [0.1, 0.15) is 45.1 Å². The van der Waals surface area contributed by atoms with Gasteiger partial charge in [0.1, 0.15) is 0 Å². The highest BCUT2D eigenvalue weighted by molar-refractivity contribution is 7.90. The summed E-state index contributed by atoms with van der Waals surface area (Å²) < 4.78 is 51.9. The van der Waals surface area contributed by atoms with E-state index in [0.29, 0.717) is 29.0 Å². The average molecular weight is 461 g/mol. The third-order valence-corrected chi connectivity index (χ3v) is 6.54. The monoisotopic (exact) mass is 460 g/mol. The van der Waals surface area contributed by atoms with E-state index < -0.39 is 27.0 Å². The first kappa shape index (κ1) is 23.8. The molecular weight excluding hydrogens is 434 g/mol. The number of hydrogen-bond acceptors (Lipinski definition) is 4. The van der Waals surface area contributed by atoms with Gasteiger partial charge in [0.05, 0.1) is 16.8 Å². The van der Waals surface area contributed by atoms with Crippen molar-refractivity contribution >= 4 is 9.84 Å². The zero-order valence-electron chi connectivity index (χ0n) is 18.5. The molecule has 0 radical (unpaired) electrons. The lowest BCUT2D eigenvalue weighted by atomic mass is 9.85. The highest BCUT2D eigenvalue weighted by Gasteiger charge is 2.23. The first-order valence-corrected chi connectivity index (χ1v) is 12.3. The molecule has 0 bridgehead atoms. The quantitative estimate of drug-likeness (QED) is 0.491. The Morgan fingerprint density at radius 2 is 1.69 bits per heavy atom. The smallest absolute Gasteiger partial charge is 0.267 e. The van der Waals surface area contributed by atoms with Crippen LogP contribution in [0.3, 0.4) is 0 Å². The summed E-state index contributed by atoms with van der Waals surface area (Å²) >= 11 is 0. The molecule has 1 heterocycles. The number of halogens is 2. The summed E-state index contributed by atoms with van der Waals surface area (Å²) in [6.07, 6.45) is 4.11. The van der Waals surface area contributed by atoms with Gasteiger partial charge in [0.2, 0.25) is 0 Å². The Hall–Kier alpha value is -2.87. The Morgan fingerprint density at radius 3 is 2.22 bits per heavy atom. The Balaban J connectivity index is 2.24. The van der Waals surface area contributed by atoms with Crippen LogP contribution in [0.2, 0.25) is 0 Å². The molecule has 1 atom stereocenters. The first-order chi connectivity index (χ1) is 15.0. The van der Waals surface area contributed by atoms with Crippen LogP contribution in [0, 0.1) is 17.6 Å². The van der Waals surface area contributed by atoms with Crippen molar-refractivity contribution in [2.75, 3.05) is 6.26 Å². The van der Waals surface area contributed by atoms with E-state index in [-0.39, 0.29) is 16.5 Å². The second-order valence-electron chi connectivity index (χ2n) is 8.32. The molecule has 32 heavy (non-hydrogen) atoms. The Labute approximate surface area is 186 Å². The van der Waals surface area contributed by atoms with E-state index in [4.69, 9.17) is 0 Å². The van der Waals surface area contributed by atoms with Crippen molar-refractivity contribution in [1.82, 2.24) is 9.78 Å². The lowest BCUT2D eigenvalue weighted by Gasteiger charge is -2.21. The molecule has 0 fully saturated rings. The van der Waals surface area contributed by atoms with Gasteiger partial charge in [0.25, 0.3) is 5.56 Å². The molecule has 0 saturated carbocycles. The molecule has 1 aromatic heterocycles. The minimum absolute atomic E-state index is 0.0911. The molecule has 1 unspecified atom stereocenters. The van der Waals surface area contributed by atoms with Crippen LogP contribution < -0.4 is 5.56 Å². The Kier molecular flexibility index (Phi) is 6.93. The molecule has 0 spiro atoms. The molecule has 0 aliphatic rings. The van der Waals surface area contributed by atoms with E-state index >= 15 is 0 Å². The largest absolute Gasteiger partial charge is 0.275 e. The van der Waals surface area contributed by atoms with E-state index in [1.165, 1.54) is 24.4 Å². The predicted molar refractivity (Wildman–Crippen MR) is 121 cm³/mol. The van der Waals surface area contributed by atoms with Crippen LogP contribution in [-0.4, -0.2) is 24.5 Å². The summed E-state index contributed by atoms with van der Waals surface area (Å²) in [4.78, 5) is 13.7. The zero-order chi connectivity index (χ0) is 23.6. The van der Waals surface area contributed by atoms with Crippen LogP contribution in [0.25, 0.3) is 16.8 Å². The van der Waals surface area contributed by atoms with Gasteiger partial charge in [-0.2, -0.15) is 9.78 Å². The van der Waals surface area contributed by atoms with E-state index in [2.05, 4.69) is 18.9 Å². The fourth-order valence-corrected chi connectivity index (χ4v) is 4.46. The van der Waals surface area contributed by atoms with Gasteiger partial charge in [-0.05, 0) is 54.5 Å². The topological polar surface area (TPSA) is 69.0 Å². The highest BCUT2D eigenvalue weighted by atomic mass is 32.2. The number of benzene rings is 2. The van der Waals surface area contributed by atoms with Crippen molar-refractivity contribution in [2.45, 2.75) is 44.4 Å². The third kappa shape index (κ3) is 4.96. The van der Waals surface area contributed by atoms with Gasteiger partial charge in [-0.25, -0.2) is 17.2 Å². The molecule has 170 valence electrons. The van der Waals surface area contributed by atoms with Gasteiger partial charge >= 0.3 is 0 Å². The van der Waals surface area contributed by atoms with Crippen molar-refractivity contribution in [1.29, 1.82) is 0 Å². The number of rotatable bonds is 7. The van der Waals surface area contributed by atoms with Crippen molar-refractivity contribution in [3.63, 3.8) is 0 Å². The summed E-state index contributed by atoms with van der Waals surface area (Å²) in [5.74, 6) is -1.83. The van der Waals surface area contributed by atoms with Crippen molar-refractivity contribution in [3.05, 3.63) is 76.2 Å². The van der Waals surface area contributed by atoms with Crippen LogP contribution in [0.15, 0.2) is 58.4 Å². The zero-order valence-corrected chi connectivity index (χ0v) is 19.3. The molecule has 0 amide bonds. The van der Waals surface area contributed by atoms with Gasteiger partial charge in [-0.1, -0.05) is 32.9 Å². The van der Waals surface area contributed by atoms with Crippen LogP contribution in [0.4, 0.5) is 8.78 Å². The molecule has 0 N–H and O–H groups in total. The summed E-state index contributed by atoms with van der Waals surface area (Å²) in [6.45, 7) is 6.13. The molecule has 8 heteroatoms. The molecule has 3 rings (SSSR count). The third-order valence-electron chi connectivity index (χ3n) is 5.41. The van der Waals surface area contributed by atoms with Crippen molar-refractivity contribution in [2.24, 2.45) is 5.92 Å². The molecule has 3 aromatic rings. The lowest BCUT2D eigenvalue weighted by molar-refractivity contribution is 0.484. The maximum Gasteiger partial charge on any atom is 0.275 e. The molecule has 5 nitrogen and oxygen atoms in total. The summed E-state index contributed by atoms with van der Waals surface area (Å²) in [5.41, 5.74) is 1.51. The number of sulfone groups is 1. The Morgan fingerprint density at radius 1 is 1.03 bits per heavy atom. The van der Waals surface area contributed by atoms with Gasteiger partial charge < -0.3 is 0 Å². The maximum absolute atomic E-state index is 13.8. The number of nitrogens with zero attached hydrogens (tertiary/aromatic N) is 2. The van der Waals surface area contributed by atoms with E-state index in [9.17, 15) is 22.0 Å². The molecule has 0 aliphatic heterocycles. The second kappa shape index (κ2) is 9.32. The van der Waals surface area contributed by atoms with Crippen LogP contribution in [0.5, 0.6) is 0 Å². The SMILES string of the molecule is CCC(CC(C)C)c1c(-c2ccc(S(C)(=O)=O)cc2)cnn(-c2ccc(F)c(F)c2)c1=O. The normalized spacial score (nSPS) is 12.8. The average Bonchev–Trinajstić information content (AvgIpc) is 2.73. The van der Waals surface area contributed by atoms with Gasteiger partial charge in [0.15, 0.2) is 21.5 Å². The van der Waals surface area contributed by atoms with Gasteiger partial charge in [-0.15, -0.1) is 0 Å². The molecular formula is C24H26F2N2O3S. The number of aromatic nitrogens is 2. The van der Waals surface area contributed by atoms with Crippen LogP contribution in [-0.2, 0) is 9.84 Å². The van der Waals surface area contributed by atoms with E-state index in [1.54, 1.807) is 12.1 Å². The first-order valence-electron chi connectivity index (χ1n) is 10.4. The van der Waals surface area contributed by atoms with Gasteiger partial charge in [-0.3, -0.25) is 4.79 Å². The fourth-order valence-electron chi connectivity index (χ4n) is 3.83. The highest BCUT2D eigenvalue weighted by Crippen LogP contribution is 2.33. The van der Waals surface area contributed by atoms with Crippen molar-refractivity contribution in [3.8, 4) is 16.8 Å². The summed E-state index contributed by atoms with van der Waals surface area (Å²) in [7, 11) is -3.35. The molecule has 2 aromatic carbocycles. The van der Waals surface area contributed by atoms with E-state index in [0.717, 1.165) is 29.5 Å². The number of hydrogen-bond donors (Lipinski definition) is 0. The minimum atomic E-state index is -3.35. The van der Waals surface area contributed by atoms with Crippen molar-refractivity contribution < 1.29 is 17.2 Å². The van der Waals surface area contributed by atoms with Gasteiger partial charge in [0, 0.05) is 23.4 Å². The molecule has 0 aliphatic carbocycles. The minimum Gasteiger partial charge on any atom is -0.267 e. The summed E-state index contributed by atoms with van der Waals surface area (Å²) in [6, 6.07) is 9.51. The van der Waals surface area contributed by atoms with Crippen LogP contribution >= 0.6 is 0 Å². The molecule has 0 saturated heterocycles. The lowest BCUT2D eigenvalue weighted by Crippen LogP contribution is -2.28. The second-order valence-corrected chi connectivity index (χ2v) is 10.3. The Bertz CT molecular complexity index is 1280. The van der Waals surface area contributed by atoms with E-state index in [1.807, 2.05) is 6.92 Å². The fraction of sp³-hybridized carbons (Fsp3) is 0.333. The standard InChI is InChI=1S/C24H26F2N2O3S/c1-5-16(12-15(2)3)23-20(17-6-9-19(10-7-17)32(4,30)31)14-27-28(24(23)29)18-8-11-21(25)22(26)13-18/h6-11,13-16H,5,12H2,1-4H3. The maximum atomic E-state index is 13.8.